The van der Waals surface area contributed by atoms with E-state index in [1.807, 2.05) is 6.08 Å². The van der Waals surface area contributed by atoms with Crippen LogP contribution in [0.3, 0.4) is 0 Å². The molecule has 2 aliphatic carbocycles. The first-order valence-corrected chi connectivity index (χ1v) is 14.2. The summed E-state index contributed by atoms with van der Waals surface area (Å²) in [6, 6.07) is 12.7. The van der Waals surface area contributed by atoms with E-state index in [4.69, 9.17) is 34.8 Å². The number of halogens is 4. The van der Waals surface area contributed by atoms with E-state index in [0.29, 0.717) is 21.8 Å². The van der Waals surface area contributed by atoms with E-state index >= 15 is 0 Å². The van der Waals surface area contributed by atoms with Crippen molar-refractivity contribution in [3.05, 3.63) is 70.8 Å². The fourth-order valence-electron chi connectivity index (χ4n) is 6.68. The second kappa shape index (κ2) is 8.81. The van der Waals surface area contributed by atoms with Gasteiger partial charge in [-0.3, -0.25) is 29.0 Å². The predicted octanol–water partition coefficient (Wildman–Crippen LogP) is 4.96. The molecule has 2 saturated heterocycles. The topological polar surface area (TPSA) is 95.0 Å². The number of imide groups is 2. The first-order chi connectivity index (χ1) is 18.0. The van der Waals surface area contributed by atoms with E-state index in [0.717, 1.165) is 4.90 Å². The number of rotatable bonds is 3. The highest BCUT2D eigenvalue weighted by molar-refractivity contribution is 9.09. The summed E-state index contributed by atoms with van der Waals surface area (Å²) in [7, 11) is 0. The van der Waals surface area contributed by atoms with Crippen LogP contribution in [-0.4, -0.2) is 48.8 Å². The molecule has 0 bridgehead atoms. The SMILES string of the molecule is O=C1C2CC=C3C(CC4(Cl)C(=O)N(CBr)C(=O)C4(Cl)C3c3cccc(O)c3)C2C(=O)N1c1ccc(Cl)cc1. The summed E-state index contributed by atoms with van der Waals surface area (Å²) in [6.45, 7) is 0. The molecule has 0 aromatic heterocycles. The minimum Gasteiger partial charge on any atom is -0.508 e. The van der Waals surface area contributed by atoms with Gasteiger partial charge < -0.3 is 5.11 Å². The van der Waals surface area contributed by atoms with E-state index in [1.54, 1.807) is 36.4 Å². The van der Waals surface area contributed by atoms with E-state index in [1.165, 1.54) is 17.0 Å². The van der Waals surface area contributed by atoms with Gasteiger partial charge in [0.25, 0.3) is 11.8 Å². The maximum atomic E-state index is 13.9. The van der Waals surface area contributed by atoms with Crippen molar-refractivity contribution in [1.82, 2.24) is 4.90 Å². The molecule has 6 atom stereocenters. The Labute approximate surface area is 241 Å². The summed E-state index contributed by atoms with van der Waals surface area (Å²) in [5.74, 6) is -5.09. The lowest BCUT2D eigenvalue weighted by atomic mass is 9.56. The quantitative estimate of drug-likeness (QED) is 0.222. The third-order valence-electron chi connectivity index (χ3n) is 8.30. The molecule has 4 aliphatic rings. The molecular formula is C27H20BrCl3N2O5. The van der Waals surface area contributed by atoms with Gasteiger partial charge in [0.05, 0.1) is 23.0 Å². The molecule has 6 rings (SSSR count). The molecular weight excluding hydrogens is 619 g/mol. The molecule has 196 valence electrons. The van der Waals surface area contributed by atoms with Gasteiger partial charge >= 0.3 is 0 Å². The third-order valence-corrected chi connectivity index (χ3v) is 10.5. The number of likely N-dealkylation sites (tertiary alicyclic amines) is 1. The second-order valence-corrected chi connectivity index (χ2v) is 12.2. The average Bonchev–Trinajstić information content (AvgIpc) is 3.22. The van der Waals surface area contributed by atoms with Crippen LogP contribution in [0.25, 0.3) is 0 Å². The predicted molar refractivity (Wildman–Crippen MR) is 145 cm³/mol. The molecule has 0 spiro atoms. The van der Waals surface area contributed by atoms with E-state index in [2.05, 4.69) is 15.9 Å². The number of carbonyl (C=O) groups is 4. The van der Waals surface area contributed by atoms with Crippen molar-refractivity contribution in [3.63, 3.8) is 0 Å². The van der Waals surface area contributed by atoms with Crippen LogP contribution >= 0.6 is 50.7 Å². The monoisotopic (exact) mass is 636 g/mol. The third kappa shape index (κ3) is 3.27. The van der Waals surface area contributed by atoms with Gasteiger partial charge in [0.1, 0.15) is 5.75 Å². The summed E-state index contributed by atoms with van der Waals surface area (Å²) in [4.78, 5) is 53.1. The summed E-state index contributed by atoms with van der Waals surface area (Å²) < 4.78 is 0. The number of fused-ring (bicyclic) bond motifs is 4. The Morgan fingerprint density at radius 3 is 2.34 bits per heavy atom. The zero-order chi connectivity index (χ0) is 27.1. The minimum atomic E-state index is -1.90. The largest absolute Gasteiger partial charge is 0.508 e. The summed E-state index contributed by atoms with van der Waals surface area (Å²) >= 11 is 23.5. The summed E-state index contributed by atoms with van der Waals surface area (Å²) in [6.07, 6.45) is 2.02. The Hall–Kier alpha value is -2.39. The van der Waals surface area contributed by atoms with Crippen LogP contribution in [0.5, 0.6) is 5.75 Å². The van der Waals surface area contributed by atoms with Crippen LogP contribution in [0, 0.1) is 17.8 Å². The van der Waals surface area contributed by atoms with Crippen molar-refractivity contribution in [3.8, 4) is 5.75 Å². The summed E-state index contributed by atoms with van der Waals surface area (Å²) in [5.41, 5.74) is 1.46. The van der Waals surface area contributed by atoms with Crippen LogP contribution < -0.4 is 4.90 Å². The molecule has 11 heteroatoms. The number of alkyl halides is 3. The van der Waals surface area contributed by atoms with Crippen molar-refractivity contribution in [1.29, 1.82) is 0 Å². The first kappa shape index (κ1) is 25.9. The van der Waals surface area contributed by atoms with Crippen molar-refractivity contribution in [2.75, 3.05) is 10.4 Å². The fraction of sp³-hybridized carbons (Fsp3) is 0.333. The number of anilines is 1. The number of allylic oxidation sites excluding steroid dienone is 2. The van der Waals surface area contributed by atoms with Crippen molar-refractivity contribution in [2.45, 2.75) is 28.5 Å². The maximum Gasteiger partial charge on any atom is 0.254 e. The Balaban J connectivity index is 1.51. The lowest BCUT2D eigenvalue weighted by Crippen LogP contribution is -2.60. The lowest BCUT2D eigenvalue weighted by molar-refractivity contribution is -0.138. The molecule has 1 saturated carbocycles. The molecule has 1 N–H and O–H groups in total. The van der Waals surface area contributed by atoms with Gasteiger partial charge in [-0.05, 0) is 60.7 Å². The number of hydrogen-bond acceptors (Lipinski definition) is 5. The first-order valence-electron chi connectivity index (χ1n) is 12.0. The number of benzene rings is 2. The van der Waals surface area contributed by atoms with Gasteiger partial charge in [-0.1, -0.05) is 51.3 Å². The van der Waals surface area contributed by atoms with Crippen LogP contribution in [0.4, 0.5) is 5.69 Å². The van der Waals surface area contributed by atoms with E-state index in [-0.39, 0.29) is 30.0 Å². The zero-order valence-corrected chi connectivity index (χ0v) is 23.5. The Kier molecular flexibility index (Phi) is 6.00. The lowest BCUT2D eigenvalue weighted by Gasteiger charge is -2.50. The Morgan fingerprint density at radius 1 is 0.974 bits per heavy atom. The van der Waals surface area contributed by atoms with Crippen molar-refractivity contribution < 1.29 is 24.3 Å². The van der Waals surface area contributed by atoms with Crippen LogP contribution in [0.1, 0.15) is 24.3 Å². The molecule has 6 unspecified atom stereocenters. The number of carbonyl (C=O) groups excluding carboxylic acids is 4. The smallest absolute Gasteiger partial charge is 0.254 e. The molecule has 2 heterocycles. The maximum absolute atomic E-state index is 13.9. The molecule has 38 heavy (non-hydrogen) atoms. The summed E-state index contributed by atoms with van der Waals surface area (Å²) in [5, 5.41) is 10.7. The van der Waals surface area contributed by atoms with Crippen LogP contribution in [0.15, 0.2) is 60.2 Å². The molecule has 2 aromatic carbocycles. The Bertz CT molecular complexity index is 1450. The minimum absolute atomic E-state index is 0.0468. The molecule has 0 radical (unpaired) electrons. The highest BCUT2D eigenvalue weighted by atomic mass is 79.9. The number of amides is 4. The zero-order valence-electron chi connectivity index (χ0n) is 19.6. The van der Waals surface area contributed by atoms with Crippen LogP contribution in [-0.2, 0) is 19.2 Å². The average molecular weight is 639 g/mol. The van der Waals surface area contributed by atoms with Crippen LogP contribution in [0.2, 0.25) is 5.02 Å². The number of hydrogen-bond donors (Lipinski definition) is 1. The number of nitrogens with zero attached hydrogens (tertiary/aromatic N) is 2. The van der Waals surface area contributed by atoms with Gasteiger partial charge in [0.15, 0.2) is 9.75 Å². The Morgan fingerprint density at radius 2 is 1.68 bits per heavy atom. The molecule has 3 fully saturated rings. The van der Waals surface area contributed by atoms with E-state index < -0.39 is 51.1 Å². The standard InChI is InChI=1S/C27H20BrCl3N2O5/c28-12-32-24(37)26(30)11-19-17(21(27(26,31)25(32)38)13-2-1-3-16(34)10-13)8-9-18-20(19)23(36)33(22(18)35)15-6-4-14(29)5-7-15/h1-8,10,18-21,34H,9,11-12H2. The second-order valence-electron chi connectivity index (χ2n) is 10.1. The van der Waals surface area contributed by atoms with Crippen molar-refractivity contribution >= 4 is 80.0 Å². The van der Waals surface area contributed by atoms with Gasteiger partial charge in [0.2, 0.25) is 11.8 Å². The highest BCUT2D eigenvalue weighted by Gasteiger charge is 2.76. The van der Waals surface area contributed by atoms with Gasteiger partial charge in [-0.25, -0.2) is 0 Å². The number of aromatic hydroxyl groups is 1. The van der Waals surface area contributed by atoms with E-state index in [9.17, 15) is 24.3 Å². The molecule has 2 aliphatic heterocycles. The molecule has 7 nitrogen and oxygen atoms in total. The molecule has 4 amide bonds. The van der Waals surface area contributed by atoms with Gasteiger partial charge in [-0.2, -0.15) is 0 Å². The van der Waals surface area contributed by atoms with Crippen molar-refractivity contribution in [2.24, 2.45) is 17.8 Å². The fourth-order valence-corrected chi connectivity index (χ4v) is 8.23. The highest BCUT2D eigenvalue weighted by Crippen LogP contribution is 2.65. The molecule has 2 aromatic rings. The normalized spacial score (nSPS) is 34.3. The van der Waals surface area contributed by atoms with Gasteiger partial charge in [0, 0.05) is 10.9 Å². The number of phenolic OH excluding ortho intramolecular Hbond substituents is 1. The number of phenols is 1. The van der Waals surface area contributed by atoms with Gasteiger partial charge in [-0.15, -0.1) is 23.2 Å².